The maximum atomic E-state index is 13.6. The number of carbonyl (C=O) groups excluding carboxylic acids is 1. The van der Waals surface area contributed by atoms with E-state index in [-0.39, 0.29) is 42.2 Å². The molecule has 0 saturated heterocycles. The minimum atomic E-state index is -0.228. The number of nitrogens with one attached hydrogen (secondary N) is 3. The first-order valence-corrected chi connectivity index (χ1v) is 10.5. The summed E-state index contributed by atoms with van der Waals surface area (Å²) in [5.74, 6) is 2.00. The van der Waals surface area contributed by atoms with Gasteiger partial charge in [0, 0.05) is 43.8 Å². The molecule has 2 aromatic rings. The highest BCUT2D eigenvalue weighted by Gasteiger charge is 2.39. The molecule has 8 heteroatoms. The van der Waals surface area contributed by atoms with E-state index in [1.807, 2.05) is 6.20 Å². The zero-order chi connectivity index (χ0) is 20.4. The summed E-state index contributed by atoms with van der Waals surface area (Å²) in [5.41, 5.74) is 2.00. The van der Waals surface area contributed by atoms with Gasteiger partial charge in [-0.3, -0.25) is 4.79 Å². The summed E-state index contributed by atoms with van der Waals surface area (Å²) in [5, 5.41) is 7.86. The lowest BCUT2D eigenvalue weighted by Crippen LogP contribution is -2.46. The summed E-state index contributed by atoms with van der Waals surface area (Å²) in [6.07, 6.45) is 7.80. The molecule has 0 aliphatic heterocycles. The van der Waals surface area contributed by atoms with Crippen LogP contribution in [0.1, 0.15) is 31.2 Å². The lowest BCUT2D eigenvalue weighted by atomic mass is 9.95. The number of carbonyl (C=O) groups is 1. The molecule has 3 atom stereocenters. The Hall–Kier alpha value is -1.84. The molecular formula is C22H31FIN5O. The molecule has 3 unspecified atom stereocenters. The minimum absolute atomic E-state index is 0. The third kappa shape index (κ3) is 5.25. The largest absolute Gasteiger partial charge is 0.361 e. The van der Waals surface area contributed by atoms with E-state index in [4.69, 9.17) is 0 Å². The van der Waals surface area contributed by atoms with Crippen LogP contribution in [0.4, 0.5) is 4.39 Å². The zero-order valence-electron chi connectivity index (χ0n) is 17.6. The molecule has 0 spiro atoms. The number of likely N-dealkylation sites (N-methyl/N-ethyl adjacent to an activating group) is 1. The average Bonchev–Trinajstić information content (AvgIpc) is 3.41. The average molecular weight is 527 g/mol. The molecule has 6 nitrogen and oxygen atoms in total. The summed E-state index contributed by atoms with van der Waals surface area (Å²) < 4.78 is 13.6. The van der Waals surface area contributed by atoms with E-state index >= 15 is 0 Å². The van der Waals surface area contributed by atoms with Gasteiger partial charge < -0.3 is 20.5 Å². The van der Waals surface area contributed by atoms with E-state index in [1.165, 1.54) is 31.7 Å². The Morgan fingerprint density at radius 2 is 2.13 bits per heavy atom. The number of benzene rings is 1. The van der Waals surface area contributed by atoms with Gasteiger partial charge in [-0.05, 0) is 61.3 Å². The number of nitrogens with zero attached hydrogens (tertiary/aromatic N) is 2. The highest BCUT2D eigenvalue weighted by Crippen LogP contribution is 2.44. The predicted octanol–water partition coefficient (Wildman–Crippen LogP) is 3.28. The van der Waals surface area contributed by atoms with E-state index in [0.29, 0.717) is 24.5 Å². The van der Waals surface area contributed by atoms with Gasteiger partial charge in [-0.25, -0.2) is 9.38 Å². The molecule has 2 saturated carbocycles. The van der Waals surface area contributed by atoms with Crippen LogP contribution < -0.4 is 10.6 Å². The number of rotatable bonds is 6. The van der Waals surface area contributed by atoms with Crippen molar-refractivity contribution in [1.29, 1.82) is 0 Å². The van der Waals surface area contributed by atoms with Gasteiger partial charge in [-0.15, -0.1) is 24.0 Å². The molecule has 1 aromatic carbocycles. The number of halogens is 2. The predicted molar refractivity (Wildman–Crippen MR) is 129 cm³/mol. The highest BCUT2D eigenvalue weighted by molar-refractivity contribution is 14.0. The number of fused-ring (bicyclic) bond motifs is 3. The minimum Gasteiger partial charge on any atom is -0.361 e. The fourth-order valence-electron chi connectivity index (χ4n) is 4.71. The second-order valence-corrected chi connectivity index (χ2v) is 8.56. The van der Waals surface area contributed by atoms with Crippen LogP contribution >= 0.6 is 24.0 Å². The molecule has 2 aliphatic carbocycles. The summed E-state index contributed by atoms with van der Waals surface area (Å²) in [6.45, 7) is 0.785. The van der Waals surface area contributed by atoms with Crippen LogP contribution in [0.15, 0.2) is 29.4 Å². The van der Waals surface area contributed by atoms with Crippen LogP contribution in [0, 0.1) is 17.7 Å². The van der Waals surface area contributed by atoms with Crippen LogP contribution in [0.3, 0.4) is 0 Å². The molecule has 164 valence electrons. The third-order valence-electron chi connectivity index (χ3n) is 6.35. The van der Waals surface area contributed by atoms with Crippen LogP contribution in [0.5, 0.6) is 0 Å². The number of hydrogen-bond acceptors (Lipinski definition) is 2. The molecule has 3 N–H and O–H groups in total. The monoisotopic (exact) mass is 527 g/mol. The lowest BCUT2D eigenvalue weighted by Gasteiger charge is -2.25. The maximum absolute atomic E-state index is 13.6. The maximum Gasteiger partial charge on any atom is 0.243 e. The molecular weight excluding hydrogens is 496 g/mol. The van der Waals surface area contributed by atoms with E-state index in [2.05, 4.69) is 20.6 Å². The molecule has 1 heterocycles. The van der Waals surface area contributed by atoms with Crippen LogP contribution in [-0.4, -0.2) is 55.0 Å². The topological polar surface area (TPSA) is 72.5 Å². The highest BCUT2D eigenvalue weighted by atomic mass is 127. The van der Waals surface area contributed by atoms with Gasteiger partial charge in [-0.2, -0.15) is 0 Å². The first-order valence-electron chi connectivity index (χ1n) is 10.5. The van der Waals surface area contributed by atoms with E-state index < -0.39 is 0 Å². The fraction of sp³-hybridized carbons (Fsp3) is 0.545. The Bertz CT molecular complexity index is 912. The summed E-state index contributed by atoms with van der Waals surface area (Å²) >= 11 is 0. The Morgan fingerprint density at radius 1 is 1.30 bits per heavy atom. The van der Waals surface area contributed by atoms with Crippen LogP contribution in [-0.2, 0) is 11.2 Å². The molecule has 0 radical (unpaired) electrons. The van der Waals surface area contributed by atoms with Gasteiger partial charge in [0.2, 0.25) is 5.91 Å². The van der Waals surface area contributed by atoms with Crippen molar-refractivity contribution in [3.63, 3.8) is 0 Å². The normalized spacial score (nSPS) is 22.8. The Balaban J connectivity index is 0.00000256. The third-order valence-corrected chi connectivity index (χ3v) is 6.35. The van der Waals surface area contributed by atoms with Gasteiger partial charge in [0.15, 0.2) is 5.96 Å². The quantitative estimate of drug-likeness (QED) is 0.307. The number of amides is 1. The smallest absolute Gasteiger partial charge is 0.243 e. The van der Waals surface area contributed by atoms with Crippen molar-refractivity contribution < 1.29 is 9.18 Å². The van der Waals surface area contributed by atoms with Gasteiger partial charge in [-0.1, -0.05) is 6.42 Å². The molecule has 2 aliphatic rings. The van der Waals surface area contributed by atoms with Gasteiger partial charge in [0.25, 0.3) is 0 Å². The Kier molecular flexibility index (Phi) is 7.60. The molecule has 4 rings (SSSR count). The number of aliphatic imine (C=N–C) groups is 1. The van der Waals surface area contributed by atoms with Crippen LogP contribution in [0.2, 0.25) is 0 Å². The molecule has 2 bridgehead atoms. The summed E-state index contributed by atoms with van der Waals surface area (Å²) in [7, 11) is 3.48. The van der Waals surface area contributed by atoms with Crippen molar-refractivity contribution in [2.45, 2.75) is 38.1 Å². The first kappa shape index (κ1) is 22.8. The molecule has 1 amide bonds. The zero-order valence-corrected chi connectivity index (χ0v) is 19.9. The molecule has 1 aromatic heterocycles. The van der Waals surface area contributed by atoms with Crippen LogP contribution in [0.25, 0.3) is 10.9 Å². The summed E-state index contributed by atoms with van der Waals surface area (Å²) in [4.78, 5) is 21.2. The lowest BCUT2D eigenvalue weighted by molar-refractivity contribution is -0.127. The van der Waals surface area contributed by atoms with E-state index in [9.17, 15) is 9.18 Å². The SMILES string of the molecule is CN(C)C(=O)CN=C(NCCc1c[nH]c2ccc(F)cc12)NC1CC2CCC1C2.I. The van der Waals surface area contributed by atoms with Gasteiger partial charge >= 0.3 is 0 Å². The van der Waals surface area contributed by atoms with Crippen molar-refractivity contribution in [2.24, 2.45) is 16.8 Å². The van der Waals surface area contributed by atoms with Crippen molar-refractivity contribution in [1.82, 2.24) is 20.5 Å². The summed E-state index contributed by atoms with van der Waals surface area (Å²) in [6, 6.07) is 5.24. The Morgan fingerprint density at radius 3 is 2.83 bits per heavy atom. The molecule has 30 heavy (non-hydrogen) atoms. The first-order chi connectivity index (χ1) is 14.0. The van der Waals surface area contributed by atoms with Gasteiger partial charge in [0.05, 0.1) is 0 Å². The number of H-pyrrole nitrogens is 1. The second-order valence-electron chi connectivity index (χ2n) is 8.56. The Labute approximate surface area is 194 Å². The number of guanidine groups is 1. The second kappa shape index (κ2) is 9.98. The van der Waals surface area contributed by atoms with Crippen molar-refractivity contribution in [3.8, 4) is 0 Å². The fourth-order valence-corrected chi connectivity index (χ4v) is 4.71. The van der Waals surface area contributed by atoms with Gasteiger partial charge in [0.1, 0.15) is 12.4 Å². The van der Waals surface area contributed by atoms with E-state index in [0.717, 1.165) is 28.8 Å². The molecule has 2 fully saturated rings. The number of aromatic amines is 1. The van der Waals surface area contributed by atoms with Crippen molar-refractivity contribution in [2.75, 3.05) is 27.2 Å². The number of hydrogen-bond donors (Lipinski definition) is 3. The van der Waals surface area contributed by atoms with Crippen molar-refractivity contribution >= 4 is 46.7 Å². The van der Waals surface area contributed by atoms with E-state index in [1.54, 1.807) is 31.1 Å². The number of aromatic nitrogens is 1. The van der Waals surface area contributed by atoms with Crippen molar-refractivity contribution in [3.05, 3.63) is 35.8 Å². The standard InChI is InChI=1S/C22H30FN5O.HI/c1-28(2)21(29)13-26-22(27-20-10-14-3-4-15(20)9-14)24-8-7-16-12-25-19-6-5-17(23)11-18(16)19;/h5-6,11-12,14-15,20,25H,3-4,7-10,13H2,1-2H3,(H2,24,26,27);1H.